The molecule has 1 aromatic heterocycles. The topological polar surface area (TPSA) is 100 Å². The molecule has 0 saturated carbocycles. The highest BCUT2D eigenvalue weighted by atomic mass is 16.5. The van der Waals surface area contributed by atoms with Crippen LogP contribution >= 0.6 is 0 Å². The first-order valence-electron chi connectivity index (χ1n) is 3.90. The summed E-state index contributed by atoms with van der Waals surface area (Å²) in [6, 6.07) is 0. The number of nitrogens with one attached hydrogen (secondary N) is 2. The number of rotatable bonds is 5. The average molecular weight is 187 g/mol. The number of anilines is 1. The molecule has 0 aliphatic rings. The molecule has 0 atom stereocenters. The Morgan fingerprint density at radius 2 is 2.46 bits per heavy atom. The van der Waals surface area contributed by atoms with E-state index >= 15 is 0 Å². The lowest BCUT2D eigenvalue weighted by Gasteiger charge is -2.13. The molecule has 0 aliphatic heterocycles. The van der Waals surface area contributed by atoms with Gasteiger partial charge < -0.3 is 4.74 Å². The highest BCUT2D eigenvalue weighted by Gasteiger charge is 2.04. The van der Waals surface area contributed by atoms with Crippen molar-refractivity contribution in [1.82, 2.24) is 15.2 Å². The summed E-state index contributed by atoms with van der Waals surface area (Å²) in [4.78, 5) is 13.1. The van der Waals surface area contributed by atoms with E-state index in [2.05, 4.69) is 15.2 Å². The van der Waals surface area contributed by atoms with Crippen molar-refractivity contribution < 1.29 is 4.74 Å². The van der Waals surface area contributed by atoms with Gasteiger partial charge in [0.15, 0.2) is 0 Å². The van der Waals surface area contributed by atoms with Crippen LogP contribution in [-0.2, 0) is 4.74 Å². The molecule has 1 aromatic rings. The van der Waals surface area contributed by atoms with Gasteiger partial charge in [0.2, 0.25) is 5.95 Å². The Morgan fingerprint density at radius 1 is 1.69 bits per heavy atom. The molecule has 13 heavy (non-hydrogen) atoms. The van der Waals surface area contributed by atoms with Crippen LogP contribution in [0.3, 0.4) is 0 Å². The van der Waals surface area contributed by atoms with Gasteiger partial charge in [-0.25, -0.2) is 15.7 Å². The van der Waals surface area contributed by atoms with E-state index in [1.807, 2.05) is 0 Å². The number of hydrogen-bond acceptors (Lipinski definition) is 5. The number of nitrogens with two attached hydrogens (primary N) is 1. The monoisotopic (exact) mass is 187 g/mol. The fourth-order valence-corrected chi connectivity index (χ4v) is 0.882. The number of H-pyrrole nitrogens is 2. The van der Waals surface area contributed by atoms with Crippen molar-refractivity contribution in [2.45, 2.75) is 6.42 Å². The maximum Gasteiger partial charge on any atom is 0.342 e. The zero-order valence-electron chi connectivity index (χ0n) is 7.41. The minimum absolute atomic E-state index is 0.334. The molecule has 0 saturated heterocycles. The van der Waals surface area contributed by atoms with Crippen molar-refractivity contribution in [1.29, 1.82) is 0 Å². The summed E-state index contributed by atoms with van der Waals surface area (Å²) in [7, 11) is 1.62. The second kappa shape index (κ2) is 4.63. The second-order valence-corrected chi connectivity index (χ2v) is 2.54. The number of hydrazine groups is 1. The summed E-state index contributed by atoms with van der Waals surface area (Å²) in [5, 5.41) is 7.25. The van der Waals surface area contributed by atoms with Crippen LogP contribution in [-0.4, -0.2) is 35.4 Å². The molecule has 4 N–H and O–H groups in total. The van der Waals surface area contributed by atoms with E-state index in [1.54, 1.807) is 7.11 Å². The Morgan fingerprint density at radius 3 is 3.00 bits per heavy atom. The summed E-state index contributed by atoms with van der Waals surface area (Å²) < 4.78 is 4.85. The third-order valence-electron chi connectivity index (χ3n) is 1.51. The molecule has 0 bridgehead atoms. The zero-order valence-corrected chi connectivity index (χ0v) is 7.41. The highest BCUT2D eigenvalue weighted by Crippen LogP contribution is 1.96. The number of methoxy groups -OCH3 is 1. The number of hydrogen-bond donors (Lipinski definition) is 3. The van der Waals surface area contributed by atoms with Crippen molar-refractivity contribution in [3.63, 3.8) is 0 Å². The van der Waals surface area contributed by atoms with Crippen LogP contribution in [0.5, 0.6) is 0 Å². The molecule has 7 heteroatoms. The molecule has 0 aliphatic carbocycles. The fraction of sp³-hybridized carbons (Fsp3) is 0.667. The lowest BCUT2D eigenvalue weighted by Crippen LogP contribution is -2.33. The maximum atomic E-state index is 10.6. The maximum absolute atomic E-state index is 10.6. The van der Waals surface area contributed by atoms with Crippen LogP contribution in [0.4, 0.5) is 5.95 Å². The molecule has 1 heterocycles. The van der Waals surface area contributed by atoms with Gasteiger partial charge in [0.05, 0.1) is 0 Å². The molecule has 0 fully saturated rings. The summed E-state index contributed by atoms with van der Waals surface area (Å²) in [6.45, 7) is 1.21. The van der Waals surface area contributed by atoms with Crippen molar-refractivity contribution in [2.24, 2.45) is 5.84 Å². The Hall–Kier alpha value is -1.34. The van der Waals surface area contributed by atoms with Gasteiger partial charge in [-0.1, -0.05) is 0 Å². The van der Waals surface area contributed by atoms with E-state index in [9.17, 15) is 4.79 Å². The third kappa shape index (κ3) is 2.88. The third-order valence-corrected chi connectivity index (χ3v) is 1.51. The van der Waals surface area contributed by atoms with Crippen LogP contribution in [0.25, 0.3) is 0 Å². The van der Waals surface area contributed by atoms with E-state index in [0.717, 1.165) is 6.42 Å². The number of aromatic nitrogens is 3. The summed E-state index contributed by atoms with van der Waals surface area (Å²) in [6.07, 6.45) is 0.780. The number of nitrogens with zero attached hydrogens (tertiary/aromatic N) is 2. The summed E-state index contributed by atoms with van der Waals surface area (Å²) in [5.74, 6) is 5.91. The molecule has 0 aromatic carbocycles. The van der Waals surface area contributed by atoms with Gasteiger partial charge in [-0.15, -0.1) is 5.10 Å². The molecule has 1 rings (SSSR count). The minimum Gasteiger partial charge on any atom is -0.385 e. The van der Waals surface area contributed by atoms with Gasteiger partial charge in [0, 0.05) is 20.3 Å². The lowest BCUT2D eigenvalue weighted by molar-refractivity contribution is 0.196. The first kappa shape index (κ1) is 9.75. The predicted octanol–water partition coefficient (Wildman–Crippen LogP) is -1.19. The molecular formula is C6H13N5O2. The Labute approximate surface area is 74.9 Å². The van der Waals surface area contributed by atoms with Crippen LogP contribution in [0, 0.1) is 0 Å². The molecule has 0 radical (unpaired) electrons. The van der Waals surface area contributed by atoms with Crippen LogP contribution in [0.1, 0.15) is 6.42 Å². The first-order valence-corrected chi connectivity index (χ1v) is 3.90. The van der Waals surface area contributed by atoms with Crippen molar-refractivity contribution >= 4 is 5.95 Å². The normalized spacial score (nSPS) is 10.3. The molecule has 0 amide bonds. The van der Waals surface area contributed by atoms with Crippen LogP contribution in [0.2, 0.25) is 0 Å². The Kier molecular flexibility index (Phi) is 3.47. The summed E-state index contributed by atoms with van der Waals surface area (Å²) >= 11 is 0. The van der Waals surface area contributed by atoms with E-state index in [-0.39, 0.29) is 5.69 Å². The van der Waals surface area contributed by atoms with Gasteiger partial charge >= 0.3 is 5.69 Å². The fourth-order valence-electron chi connectivity index (χ4n) is 0.882. The molecule has 0 unspecified atom stereocenters. The molecular weight excluding hydrogens is 174 g/mol. The van der Waals surface area contributed by atoms with Gasteiger partial charge in [-0.05, 0) is 6.42 Å². The SMILES string of the molecule is COCCCN(N)c1n[nH]c(=O)[nH]1. The number of ether oxygens (including phenoxy) is 1. The van der Waals surface area contributed by atoms with Gasteiger partial charge in [-0.2, -0.15) is 0 Å². The molecule has 74 valence electrons. The smallest absolute Gasteiger partial charge is 0.342 e. The second-order valence-electron chi connectivity index (χ2n) is 2.54. The Balaban J connectivity index is 2.39. The first-order chi connectivity index (χ1) is 6.24. The Bertz CT molecular complexity index is 293. The van der Waals surface area contributed by atoms with Gasteiger partial charge in [0.1, 0.15) is 0 Å². The zero-order chi connectivity index (χ0) is 9.68. The van der Waals surface area contributed by atoms with E-state index in [0.29, 0.717) is 19.1 Å². The van der Waals surface area contributed by atoms with Crippen molar-refractivity contribution in [3.8, 4) is 0 Å². The van der Waals surface area contributed by atoms with E-state index in [1.165, 1.54) is 5.01 Å². The summed E-state index contributed by atoms with van der Waals surface area (Å²) in [5.41, 5.74) is -0.364. The van der Waals surface area contributed by atoms with Gasteiger partial charge in [0.25, 0.3) is 0 Å². The largest absolute Gasteiger partial charge is 0.385 e. The van der Waals surface area contributed by atoms with Crippen LogP contribution < -0.4 is 16.5 Å². The van der Waals surface area contributed by atoms with Crippen LogP contribution in [0.15, 0.2) is 4.79 Å². The van der Waals surface area contributed by atoms with Crippen molar-refractivity contribution in [2.75, 3.05) is 25.3 Å². The van der Waals surface area contributed by atoms with Crippen molar-refractivity contribution in [3.05, 3.63) is 10.5 Å². The quantitative estimate of drug-likeness (QED) is 0.306. The van der Waals surface area contributed by atoms with Gasteiger partial charge in [-0.3, -0.25) is 9.99 Å². The predicted molar refractivity (Wildman–Crippen MR) is 47.2 cm³/mol. The average Bonchev–Trinajstić information content (AvgIpc) is 2.52. The number of aromatic amines is 2. The molecule has 7 nitrogen and oxygen atoms in total. The van der Waals surface area contributed by atoms with E-state index in [4.69, 9.17) is 10.6 Å². The highest BCUT2D eigenvalue weighted by molar-refractivity contribution is 5.22. The molecule has 0 spiro atoms. The van der Waals surface area contributed by atoms with E-state index < -0.39 is 0 Å². The lowest BCUT2D eigenvalue weighted by atomic mass is 10.4. The standard InChI is InChI=1S/C6H13N5O2/c1-13-4-2-3-11(7)5-8-6(12)10-9-5/h2-4,7H2,1H3,(H2,8,9,10,12). The minimum atomic E-state index is -0.364.